The van der Waals surface area contributed by atoms with E-state index in [1.807, 2.05) is 7.05 Å². The van der Waals surface area contributed by atoms with Crippen LogP contribution < -0.4 is 15.1 Å². The Hall–Kier alpha value is -1.70. The number of carbonyl (C=O) groups excluding carboxylic acids is 2. The van der Waals surface area contributed by atoms with Crippen molar-refractivity contribution >= 4 is 33.4 Å². The Morgan fingerprint density at radius 3 is 2.87 bits per heavy atom. The van der Waals surface area contributed by atoms with E-state index in [0.717, 1.165) is 19.3 Å². The highest BCUT2D eigenvalue weighted by molar-refractivity contribution is 7.19. The lowest BCUT2D eigenvalue weighted by Crippen LogP contribution is -2.36. The van der Waals surface area contributed by atoms with Crippen molar-refractivity contribution in [2.75, 3.05) is 36.5 Å². The molecule has 1 aliphatic heterocycles. The van der Waals surface area contributed by atoms with Crippen LogP contribution in [0.3, 0.4) is 0 Å². The largest absolute Gasteiger partial charge is 0.355 e. The summed E-state index contributed by atoms with van der Waals surface area (Å²) < 4.78 is 0. The predicted octanol–water partition coefficient (Wildman–Crippen LogP) is 1.65. The van der Waals surface area contributed by atoms with Gasteiger partial charge in [0.1, 0.15) is 0 Å². The highest BCUT2D eigenvalue weighted by Gasteiger charge is 2.23. The van der Waals surface area contributed by atoms with Gasteiger partial charge in [-0.2, -0.15) is 0 Å². The van der Waals surface area contributed by atoms with Gasteiger partial charge in [-0.1, -0.05) is 25.2 Å². The zero-order valence-corrected chi connectivity index (χ0v) is 14.9. The van der Waals surface area contributed by atoms with Gasteiger partial charge in [0.15, 0.2) is 0 Å². The SMILES string of the molecule is CC(C)CCNC(=O)CN(C)c1nnc(N2CCCCC2=O)s1. The average molecular weight is 339 g/mol. The van der Waals surface area contributed by atoms with Crippen LogP contribution in [0.2, 0.25) is 0 Å². The first-order valence-electron chi connectivity index (χ1n) is 8.09. The van der Waals surface area contributed by atoms with Crippen molar-refractivity contribution in [1.82, 2.24) is 15.5 Å². The molecule has 0 aromatic carbocycles. The summed E-state index contributed by atoms with van der Waals surface area (Å²) in [5.74, 6) is 0.646. The summed E-state index contributed by atoms with van der Waals surface area (Å²) in [5, 5.41) is 12.4. The third-order valence-electron chi connectivity index (χ3n) is 3.71. The molecule has 0 unspecified atom stereocenters. The summed E-state index contributed by atoms with van der Waals surface area (Å²) in [4.78, 5) is 27.3. The number of rotatable bonds is 7. The fourth-order valence-electron chi connectivity index (χ4n) is 2.32. The third kappa shape index (κ3) is 5.16. The quantitative estimate of drug-likeness (QED) is 0.817. The van der Waals surface area contributed by atoms with Crippen LogP contribution >= 0.6 is 11.3 Å². The summed E-state index contributed by atoms with van der Waals surface area (Å²) in [7, 11) is 1.81. The van der Waals surface area contributed by atoms with Crippen LogP contribution in [0, 0.1) is 5.92 Å². The number of likely N-dealkylation sites (N-methyl/N-ethyl adjacent to an activating group) is 1. The van der Waals surface area contributed by atoms with Gasteiger partial charge in [0, 0.05) is 26.6 Å². The number of anilines is 2. The molecule has 2 rings (SSSR count). The number of nitrogens with zero attached hydrogens (tertiary/aromatic N) is 4. The van der Waals surface area contributed by atoms with Crippen molar-refractivity contribution < 1.29 is 9.59 Å². The molecule has 1 aromatic heterocycles. The monoisotopic (exact) mass is 339 g/mol. The Morgan fingerprint density at radius 2 is 2.17 bits per heavy atom. The molecular formula is C15H25N5O2S. The van der Waals surface area contributed by atoms with Crippen LogP contribution in [0.1, 0.15) is 39.5 Å². The van der Waals surface area contributed by atoms with Crippen molar-refractivity contribution in [1.29, 1.82) is 0 Å². The molecule has 1 aliphatic rings. The van der Waals surface area contributed by atoms with Crippen LogP contribution in [0.25, 0.3) is 0 Å². The molecule has 1 fully saturated rings. The van der Waals surface area contributed by atoms with Crippen molar-refractivity contribution in [2.24, 2.45) is 5.92 Å². The van der Waals surface area contributed by atoms with Crippen LogP contribution in [0.4, 0.5) is 10.3 Å². The Kier molecular flexibility index (Phi) is 6.32. The number of nitrogens with one attached hydrogen (secondary N) is 1. The minimum atomic E-state index is -0.0288. The van der Waals surface area contributed by atoms with E-state index in [-0.39, 0.29) is 18.4 Å². The minimum Gasteiger partial charge on any atom is -0.355 e. The van der Waals surface area contributed by atoms with E-state index in [1.54, 1.807) is 9.80 Å². The number of carbonyl (C=O) groups is 2. The van der Waals surface area contributed by atoms with Crippen molar-refractivity contribution in [3.05, 3.63) is 0 Å². The molecule has 128 valence electrons. The van der Waals surface area contributed by atoms with Gasteiger partial charge in [-0.3, -0.25) is 14.5 Å². The Morgan fingerprint density at radius 1 is 1.39 bits per heavy atom. The summed E-state index contributed by atoms with van der Waals surface area (Å²) in [6.07, 6.45) is 3.48. The van der Waals surface area contributed by atoms with E-state index in [0.29, 0.717) is 35.7 Å². The molecule has 1 N–H and O–H groups in total. The molecule has 0 atom stereocenters. The van der Waals surface area contributed by atoms with Gasteiger partial charge in [0.25, 0.3) is 0 Å². The average Bonchev–Trinajstić information content (AvgIpc) is 2.97. The molecule has 7 nitrogen and oxygen atoms in total. The van der Waals surface area contributed by atoms with Gasteiger partial charge < -0.3 is 10.2 Å². The second-order valence-electron chi connectivity index (χ2n) is 6.26. The topological polar surface area (TPSA) is 78.4 Å². The lowest BCUT2D eigenvalue weighted by molar-refractivity contribution is -0.120. The van der Waals surface area contributed by atoms with Crippen LogP contribution in [-0.2, 0) is 9.59 Å². The van der Waals surface area contributed by atoms with Gasteiger partial charge in [-0.05, 0) is 25.2 Å². The van der Waals surface area contributed by atoms with Crippen LogP contribution in [-0.4, -0.2) is 48.7 Å². The molecule has 0 radical (unpaired) electrons. The normalized spacial score (nSPS) is 15.1. The van der Waals surface area contributed by atoms with E-state index in [1.165, 1.54) is 11.3 Å². The lowest BCUT2D eigenvalue weighted by Gasteiger charge is -2.23. The molecule has 2 amide bonds. The van der Waals surface area contributed by atoms with Gasteiger partial charge in [-0.25, -0.2) is 0 Å². The van der Waals surface area contributed by atoms with E-state index < -0.39 is 0 Å². The molecule has 0 bridgehead atoms. The smallest absolute Gasteiger partial charge is 0.239 e. The van der Waals surface area contributed by atoms with E-state index in [2.05, 4.69) is 29.4 Å². The number of aromatic nitrogens is 2. The fraction of sp³-hybridized carbons (Fsp3) is 0.733. The molecule has 1 saturated heterocycles. The Bertz CT molecular complexity index is 546. The number of hydrogen-bond donors (Lipinski definition) is 1. The van der Waals surface area contributed by atoms with Gasteiger partial charge >= 0.3 is 0 Å². The molecule has 8 heteroatoms. The van der Waals surface area contributed by atoms with Gasteiger partial charge in [0.2, 0.25) is 22.1 Å². The van der Waals surface area contributed by atoms with Crippen molar-refractivity contribution in [3.8, 4) is 0 Å². The van der Waals surface area contributed by atoms with Crippen LogP contribution in [0.5, 0.6) is 0 Å². The number of amides is 2. The summed E-state index contributed by atoms with van der Waals surface area (Å²) in [6, 6.07) is 0. The summed E-state index contributed by atoms with van der Waals surface area (Å²) >= 11 is 1.35. The highest BCUT2D eigenvalue weighted by atomic mass is 32.1. The zero-order chi connectivity index (χ0) is 16.8. The molecule has 0 spiro atoms. The molecule has 23 heavy (non-hydrogen) atoms. The minimum absolute atomic E-state index is 0.0288. The molecule has 2 heterocycles. The first-order chi connectivity index (χ1) is 11.0. The molecular weight excluding hydrogens is 314 g/mol. The number of piperidine rings is 1. The van der Waals surface area contributed by atoms with Gasteiger partial charge in [-0.15, -0.1) is 10.2 Å². The zero-order valence-electron chi connectivity index (χ0n) is 14.0. The maximum Gasteiger partial charge on any atom is 0.239 e. The second-order valence-corrected chi connectivity index (χ2v) is 7.19. The van der Waals surface area contributed by atoms with Crippen molar-refractivity contribution in [3.63, 3.8) is 0 Å². The second kappa shape index (κ2) is 8.24. The Labute approximate surface area is 141 Å². The third-order valence-corrected chi connectivity index (χ3v) is 4.77. The molecule has 0 aliphatic carbocycles. The van der Waals surface area contributed by atoms with E-state index >= 15 is 0 Å². The standard InChI is InChI=1S/C15H25N5O2S/c1-11(2)7-8-16-12(21)10-19(3)14-17-18-15(23-14)20-9-5-4-6-13(20)22/h11H,4-10H2,1-3H3,(H,16,21). The number of hydrogen-bond acceptors (Lipinski definition) is 6. The summed E-state index contributed by atoms with van der Waals surface area (Å²) in [5.41, 5.74) is 0. The molecule has 0 saturated carbocycles. The van der Waals surface area contributed by atoms with Gasteiger partial charge in [0.05, 0.1) is 6.54 Å². The van der Waals surface area contributed by atoms with Crippen molar-refractivity contribution in [2.45, 2.75) is 39.5 Å². The fourth-order valence-corrected chi connectivity index (χ4v) is 3.17. The van der Waals surface area contributed by atoms with E-state index in [4.69, 9.17) is 0 Å². The van der Waals surface area contributed by atoms with E-state index in [9.17, 15) is 9.59 Å². The Balaban J connectivity index is 1.86. The highest BCUT2D eigenvalue weighted by Crippen LogP contribution is 2.28. The maximum absolute atomic E-state index is 11.9. The van der Waals surface area contributed by atoms with Crippen LogP contribution in [0.15, 0.2) is 0 Å². The maximum atomic E-state index is 11.9. The lowest BCUT2D eigenvalue weighted by atomic mass is 10.1. The first kappa shape index (κ1) is 17.7. The first-order valence-corrected chi connectivity index (χ1v) is 8.90. The molecule has 1 aromatic rings. The summed E-state index contributed by atoms with van der Waals surface area (Å²) in [6.45, 7) is 5.88. The predicted molar refractivity (Wildman–Crippen MR) is 91.8 cm³/mol.